The van der Waals surface area contributed by atoms with Gasteiger partial charge in [0.2, 0.25) is 5.91 Å². The zero-order valence-corrected chi connectivity index (χ0v) is 15.3. The molecule has 0 spiro atoms. The molecule has 2 saturated heterocycles. The molecule has 144 valence electrons. The average Bonchev–Trinajstić information content (AvgIpc) is 3.26. The molecule has 0 saturated carbocycles. The zero-order valence-electron chi connectivity index (χ0n) is 15.3. The van der Waals surface area contributed by atoms with Crippen molar-refractivity contribution < 1.29 is 18.8 Å². The molecule has 3 atom stereocenters. The smallest absolute Gasteiger partial charge is 0.266 e. The Morgan fingerprint density at radius 2 is 1.31 bits per heavy atom. The monoisotopic (exact) mass is 388 g/mol. The van der Waals surface area contributed by atoms with Crippen molar-refractivity contribution in [2.75, 3.05) is 9.96 Å². The summed E-state index contributed by atoms with van der Waals surface area (Å²) in [4.78, 5) is 33.7. The van der Waals surface area contributed by atoms with Gasteiger partial charge in [0.1, 0.15) is 11.7 Å². The Labute approximate surface area is 166 Å². The number of hydroxylamine groups is 1. The van der Waals surface area contributed by atoms with Crippen molar-refractivity contribution in [2.45, 2.75) is 12.1 Å². The number of nitrogens with zero attached hydrogens (tertiary/aromatic N) is 2. The summed E-state index contributed by atoms with van der Waals surface area (Å²) >= 11 is 0. The average molecular weight is 388 g/mol. The van der Waals surface area contributed by atoms with Crippen molar-refractivity contribution in [1.82, 2.24) is 0 Å². The van der Waals surface area contributed by atoms with Crippen molar-refractivity contribution in [2.24, 2.45) is 5.92 Å². The molecular weight excluding hydrogens is 371 g/mol. The molecule has 0 aliphatic carbocycles. The minimum absolute atomic E-state index is 0.320. The Hall–Kier alpha value is -3.51. The van der Waals surface area contributed by atoms with E-state index in [2.05, 4.69) is 0 Å². The third-order valence-corrected chi connectivity index (χ3v) is 5.35. The van der Waals surface area contributed by atoms with E-state index in [4.69, 9.17) is 4.84 Å². The maximum atomic E-state index is 13.5. The largest absolute Gasteiger partial charge is 0.273 e. The van der Waals surface area contributed by atoms with Gasteiger partial charge < -0.3 is 0 Å². The Balaban J connectivity index is 1.59. The highest BCUT2D eigenvalue weighted by Crippen LogP contribution is 2.47. The van der Waals surface area contributed by atoms with Gasteiger partial charge in [0.25, 0.3) is 5.91 Å². The topological polar surface area (TPSA) is 49.9 Å². The minimum atomic E-state index is -0.932. The van der Waals surface area contributed by atoms with Gasteiger partial charge in [-0.25, -0.2) is 14.4 Å². The van der Waals surface area contributed by atoms with E-state index in [1.807, 2.05) is 36.4 Å². The molecule has 2 heterocycles. The lowest BCUT2D eigenvalue weighted by atomic mass is 9.90. The highest BCUT2D eigenvalue weighted by atomic mass is 19.1. The molecule has 2 fully saturated rings. The van der Waals surface area contributed by atoms with Gasteiger partial charge in [0.05, 0.1) is 17.4 Å². The van der Waals surface area contributed by atoms with Crippen molar-refractivity contribution in [1.29, 1.82) is 0 Å². The number of hydrogen-bond acceptors (Lipinski definition) is 4. The molecular formula is C23H17FN2O3. The number of rotatable bonds is 3. The van der Waals surface area contributed by atoms with Crippen LogP contribution in [0.15, 0.2) is 84.9 Å². The minimum Gasteiger partial charge on any atom is -0.273 e. The van der Waals surface area contributed by atoms with Crippen LogP contribution in [0.3, 0.4) is 0 Å². The summed E-state index contributed by atoms with van der Waals surface area (Å²) in [7, 11) is 0. The number of carbonyl (C=O) groups is 2. The van der Waals surface area contributed by atoms with Crippen LogP contribution < -0.4 is 9.96 Å². The summed E-state index contributed by atoms with van der Waals surface area (Å²) in [5.74, 6) is -1.81. The number of carbonyl (C=O) groups excluding carboxylic acids is 2. The SMILES string of the molecule is O=C1[C@H]2[C@H](ON(c3ccccc3)[C@@H]2c2ccc(F)cc2)C(=O)N1c1ccccc1. The van der Waals surface area contributed by atoms with Crippen molar-refractivity contribution in [3.8, 4) is 0 Å². The summed E-state index contributed by atoms with van der Waals surface area (Å²) in [5, 5.41) is 1.60. The summed E-state index contributed by atoms with van der Waals surface area (Å²) in [6, 6.07) is 23.5. The van der Waals surface area contributed by atoms with E-state index < -0.39 is 24.0 Å². The number of para-hydroxylation sites is 2. The fraction of sp³-hybridized carbons (Fsp3) is 0.130. The van der Waals surface area contributed by atoms with E-state index in [0.29, 0.717) is 11.3 Å². The van der Waals surface area contributed by atoms with Crippen molar-refractivity contribution in [3.05, 3.63) is 96.3 Å². The van der Waals surface area contributed by atoms with Gasteiger partial charge in [0.15, 0.2) is 6.10 Å². The van der Waals surface area contributed by atoms with Crippen LogP contribution in [-0.4, -0.2) is 17.9 Å². The Morgan fingerprint density at radius 3 is 1.93 bits per heavy atom. The van der Waals surface area contributed by atoms with Gasteiger partial charge in [-0.3, -0.25) is 14.4 Å². The number of imide groups is 1. The molecule has 6 heteroatoms. The molecule has 0 aromatic heterocycles. The lowest BCUT2D eigenvalue weighted by Crippen LogP contribution is -2.37. The van der Waals surface area contributed by atoms with Crippen LogP contribution >= 0.6 is 0 Å². The second kappa shape index (κ2) is 6.83. The molecule has 2 aliphatic heterocycles. The van der Waals surface area contributed by atoms with E-state index in [0.717, 1.165) is 5.69 Å². The van der Waals surface area contributed by atoms with Crippen LogP contribution in [0.1, 0.15) is 11.6 Å². The van der Waals surface area contributed by atoms with Crippen molar-refractivity contribution in [3.63, 3.8) is 0 Å². The van der Waals surface area contributed by atoms with E-state index in [1.165, 1.54) is 17.0 Å². The first-order chi connectivity index (χ1) is 14.1. The highest BCUT2D eigenvalue weighted by Gasteiger charge is 2.60. The number of amides is 2. The fourth-order valence-electron chi connectivity index (χ4n) is 4.04. The summed E-state index contributed by atoms with van der Waals surface area (Å²) in [5.41, 5.74) is 1.95. The molecule has 5 rings (SSSR count). The standard InChI is InChI=1S/C23H17FN2O3/c24-16-13-11-15(12-14-16)20-19-21(29-26(20)18-9-5-2-6-10-18)23(28)25(22(19)27)17-7-3-1-4-8-17/h1-14,19-21H/t19-,20-,21+/m1/s1. The molecule has 0 radical (unpaired) electrons. The van der Waals surface area contributed by atoms with Crippen LogP contribution in [0.2, 0.25) is 0 Å². The first kappa shape index (κ1) is 17.6. The maximum Gasteiger partial charge on any atom is 0.266 e. The van der Waals surface area contributed by atoms with Gasteiger partial charge in [-0.15, -0.1) is 0 Å². The zero-order chi connectivity index (χ0) is 20.0. The van der Waals surface area contributed by atoms with E-state index >= 15 is 0 Å². The summed E-state index contributed by atoms with van der Waals surface area (Å²) < 4.78 is 13.5. The number of halogens is 1. The van der Waals surface area contributed by atoms with Crippen LogP contribution in [-0.2, 0) is 14.4 Å². The third kappa shape index (κ3) is 2.80. The maximum absolute atomic E-state index is 13.5. The van der Waals surface area contributed by atoms with Crippen LogP contribution in [0.5, 0.6) is 0 Å². The van der Waals surface area contributed by atoms with Gasteiger partial charge in [-0.05, 0) is 42.0 Å². The highest BCUT2D eigenvalue weighted by molar-refractivity contribution is 6.23. The van der Waals surface area contributed by atoms with E-state index in [9.17, 15) is 14.0 Å². The Morgan fingerprint density at radius 1 is 0.724 bits per heavy atom. The molecule has 0 unspecified atom stereocenters. The number of anilines is 2. The van der Waals surface area contributed by atoms with Crippen molar-refractivity contribution >= 4 is 23.2 Å². The lowest BCUT2D eigenvalue weighted by Gasteiger charge is -2.28. The molecule has 29 heavy (non-hydrogen) atoms. The molecule has 3 aromatic carbocycles. The molecule has 0 N–H and O–H groups in total. The number of benzene rings is 3. The normalized spacial score (nSPS) is 23.6. The van der Waals surface area contributed by atoms with Crippen LogP contribution in [0.4, 0.5) is 15.8 Å². The molecule has 0 bridgehead atoms. The Kier molecular flexibility index (Phi) is 4.14. The first-order valence-corrected chi connectivity index (χ1v) is 9.34. The summed E-state index contributed by atoms with van der Waals surface area (Å²) in [6.07, 6.45) is -0.932. The predicted molar refractivity (Wildman–Crippen MR) is 105 cm³/mol. The fourth-order valence-corrected chi connectivity index (χ4v) is 4.04. The van der Waals surface area contributed by atoms with E-state index in [-0.39, 0.29) is 11.7 Å². The first-order valence-electron chi connectivity index (χ1n) is 9.34. The predicted octanol–water partition coefficient (Wildman–Crippen LogP) is 3.88. The second-order valence-electron chi connectivity index (χ2n) is 7.06. The van der Waals surface area contributed by atoms with Gasteiger partial charge in [-0.1, -0.05) is 48.5 Å². The molecule has 3 aromatic rings. The third-order valence-electron chi connectivity index (χ3n) is 5.35. The number of fused-ring (bicyclic) bond motifs is 1. The molecule has 2 aliphatic rings. The van der Waals surface area contributed by atoms with E-state index in [1.54, 1.807) is 41.5 Å². The second-order valence-corrected chi connectivity index (χ2v) is 7.06. The molecule has 5 nitrogen and oxygen atoms in total. The van der Waals surface area contributed by atoms with Gasteiger partial charge >= 0.3 is 0 Å². The quantitative estimate of drug-likeness (QED) is 0.639. The van der Waals surface area contributed by atoms with Crippen LogP contribution in [0, 0.1) is 11.7 Å². The van der Waals surface area contributed by atoms with Gasteiger partial charge in [-0.2, -0.15) is 0 Å². The molecule has 2 amide bonds. The lowest BCUT2D eigenvalue weighted by molar-refractivity contribution is -0.126. The number of hydrogen-bond donors (Lipinski definition) is 0. The van der Waals surface area contributed by atoms with Crippen LogP contribution in [0.25, 0.3) is 0 Å². The summed E-state index contributed by atoms with van der Waals surface area (Å²) in [6.45, 7) is 0. The Bertz CT molecular complexity index is 1060. The van der Waals surface area contributed by atoms with Gasteiger partial charge in [0, 0.05) is 0 Å².